The van der Waals surface area contributed by atoms with Crippen molar-refractivity contribution in [3.05, 3.63) is 99.4 Å². The lowest BCUT2D eigenvalue weighted by molar-refractivity contribution is -0.137. The second-order valence-electron chi connectivity index (χ2n) is 17.8. The number of hydrogen-bond acceptors (Lipinski definition) is 6. The molecule has 2 N–H and O–H groups in total. The van der Waals surface area contributed by atoms with E-state index in [1.165, 1.54) is 23.5 Å². The average Bonchev–Trinajstić information content (AvgIpc) is 3.77. The summed E-state index contributed by atoms with van der Waals surface area (Å²) < 4.78 is 72.3. The van der Waals surface area contributed by atoms with Crippen LogP contribution in [0.5, 0.6) is 0 Å². The normalized spacial score (nSPS) is 31.0. The van der Waals surface area contributed by atoms with E-state index in [0.717, 1.165) is 37.0 Å². The third kappa shape index (κ3) is 7.53. The number of carbonyl (C=O) groups is 1. The number of sulfonamides is 1. The molecule has 7 unspecified atom stereocenters. The molecule has 4 saturated carbocycles. The standard InChI is InChI=1S/C44H54F3NO5S2/c1-28-8-6-19-42(4)37(35-17-13-29(22-34(49)16-12-28)23-36(35)40(50)30-9-5-10-33(24-30)44(45,46)47)18-20-43(42,51)27-48(55(52,53)39-11-7-21-54-39)26-31-14-15-32-25-38(31)41(32,2)3/h5,7-11,13,17,21,23-24,31-32,34,37-38,49,51H,6,12,14-16,18-20,22,25-27H2,1-4H3. The topological polar surface area (TPSA) is 94.9 Å². The van der Waals surface area contributed by atoms with Crippen LogP contribution in [0.15, 0.2) is 75.8 Å². The summed E-state index contributed by atoms with van der Waals surface area (Å²) in [6.07, 6.45) is 3.17. The first-order chi connectivity index (χ1) is 25.8. The van der Waals surface area contributed by atoms with E-state index in [1.807, 2.05) is 26.0 Å². The van der Waals surface area contributed by atoms with Gasteiger partial charge in [-0.3, -0.25) is 4.79 Å². The molecule has 4 bridgehead atoms. The van der Waals surface area contributed by atoms with Gasteiger partial charge in [0.1, 0.15) is 4.21 Å². The predicted octanol–water partition coefficient (Wildman–Crippen LogP) is 9.80. The fourth-order valence-corrected chi connectivity index (χ4v) is 13.4. The molecule has 3 aromatic rings. The zero-order valence-electron chi connectivity index (χ0n) is 32.2. The minimum Gasteiger partial charge on any atom is -0.393 e. The van der Waals surface area contributed by atoms with Crippen LogP contribution in [0.3, 0.4) is 0 Å². The van der Waals surface area contributed by atoms with Crippen LogP contribution in [-0.4, -0.2) is 53.5 Å². The number of hydrogen-bond donors (Lipinski definition) is 2. The molecule has 0 aliphatic heterocycles. The molecule has 11 heteroatoms. The number of nitrogens with zero attached hydrogens (tertiary/aromatic N) is 1. The molecule has 298 valence electrons. The fraction of sp³-hybridized carbons (Fsp3) is 0.568. The van der Waals surface area contributed by atoms with Gasteiger partial charge >= 0.3 is 6.18 Å². The minimum absolute atomic E-state index is 0.0923. The lowest BCUT2D eigenvalue weighted by Crippen LogP contribution is -2.58. The largest absolute Gasteiger partial charge is 0.416 e. The SMILES string of the molecule is CC1=CCCC2(C)C(CCC2(O)CN(CC2CCC3CC2C3(C)C)S(=O)(=O)c2cccs2)c2ccc(cc2C(=O)c2cccc(C(F)(F)F)c2)CC(O)CC1. The number of ketones is 1. The van der Waals surface area contributed by atoms with Gasteiger partial charge < -0.3 is 10.2 Å². The van der Waals surface area contributed by atoms with Gasteiger partial charge in [0, 0.05) is 29.6 Å². The van der Waals surface area contributed by atoms with Gasteiger partial charge in [-0.25, -0.2) is 8.42 Å². The Kier molecular flexibility index (Phi) is 10.9. The quantitative estimate of drug-likeness (QED) is 0.175. The maximum absolute atomic E-state index is 14.6. The van der Waals surface area contributed by atoms with Crippen molar-refractivity contribution < 1.29 is 36.6 Å². The second-order valence-corrected chi connectivity index (χ2v) is 20.9. The number of rotatable bonds is 8. The van der Waals surface area contributed by atoms with Gasteiger partial charge in [-0.15, -0.1) is 11.3 Å². The van der Waals surface area contributed by atoms with Gasteiger partial charge in [0.05, 0.1) is 17.3 Å². The molecule has 0 amide bonds. The third-order valence-electron chi connectivity index (χ3n) is 14.3. The lowest BCUT2D eigenvalue weighted by Gasteiger charge is -2.60. The number of halogens is 3. The van der Waals surface area contributed by atoms with Crippen molar-refractivity contribution in [3.8, 4) is 0 Å². The van der Waals surface area contributed by atoms with Gasteiger partial charge in [-0.05, 0) is 141 Å². The van der Waals surface area contributed by atoms with Gasteiger partial charge in [-0.1, -0.05) is 62.8 Å². The van der Waals surface area contributed by atoms with E-state index in [9.17, 15) is 36.6 Å². The van der Waals surface area contributed by atoms with Crippen LogP contribution in [0.25, 0.3) is 0 Å². The second kappa shape index (κ2) is 14.8. The van der Waals surface area contributed by atoms with Crippen molar-refractivity contribution in [2.45, 2.75) is 120 Å². The highest BCUT2D eigenvalue weighted by Gasteiger charge is 2.59. The van der Waals surface area contributed by atoms with Crippen molar-refractivity contribution in [1.82, 2.24) is 4.31 Å². The summed E-state index contributed by atoms with van der Waals surface area (Å²) in [4.78, 5) is 14.4. The Balaban J connectivity index is 1.31. The van der Waals surface area contributed by atoms with Crippen LogP contribution in [-0.2, 0) is 22.6 Å². The van der Waals surface area contributed by atoms with Crippen LogP contribution in [0.4, 0.5) is 13.2 Å². The first kappa shape index (κ1) is 40.4. The summed E-state index contributed by atoms with van der Waals surface area (Å²) in [6, 6.07) is 13.2. The van der Waals surface area contributed by atoms with Crippen LogP contribution in [0.2, 0.25) is 0 Å². The van der Waals surface area contributed by atoms with Gasteiger partial charge in [0.2, 0.25) is 0 Å². The number of alkyl halides is 3. The highest BCUT2D eigenvalue weighted by atomic mass is 32.2. The fourth-order valence-electron chi connectivity index (χ4n) is 10.7. The molecule has 7 atom stereocenters. The third-order valence-corrected chi connectivity index (χ3v) is 17.5. The summed E-state index contributed by atoms with van der Waals surface area (Å²) in [6.45, 7) is 8.84. The van der Waals surface area contributed by atoms with Gasteiger partial charge in [0.15, 0.2) is 5.78 Å². The molecule has 4 fully saturated rings. The van der Waals surface area contributed by atoms with Crippen LogP contribution >= 0.6 is 11.3 Å². The predicted molar refractivity (Wildman–Crippen MR) is 209 cm³/mol. The van der Waals surface area contributed by atoms with Crippen LogP contribution < -0.4 is 0 Å². The van der Waals surface area contributed by atoms with Gasteiger partial charge in [-0.2, -0.15) is 17.5 Å². The lowest BCUT2D eigenvalue weighted by atomic mass is 9.45. The molecular formula is C44H54F3NO5S2. The molecule has 0 saturated heterocycles. The zero-order valence-corrected chi connectivity index (χ0v) is 33.9. The Bertz CT molecular complexity index is 2040. The van der Waals surface area contributed by atoms with E-state index in [-0.39, 0.29) is 46.1 Å². The molecular weight excluding hydrogens is 744 g/mol. The minimum atomic E-state index is -4.63. The number of aliphatic hydroxyl groups excluding tert-OH is 1. The summed E-state index contributed by atoms with van der Waals surface area (Å²) in [5.74, 6) is 0.248. The van der Waals surface area contributed by atoms with E-state index >= 15 is 0 Å². The van der Waals surface area contributed by atoms with Crippen molar-refractivity contribution >= 4 is 27.1 Å². The van der Waals surface area contributed by atoms with E-state index < -0.39 is 50.6 Å². The van der Waals surface area contributed by atoms with E-state index in [2.05, 4.69) is 19.9 Å². The Labute approximate surface area is 327 Å². The molecule has 1 heterocycles. The van der Waals surface area contributed by atoms with Crippen molar-refractivity contribution in [2.24, 2.45) is 28.6 Å². The summed E-state index contributed by atoms with van der Waals surface area (Å²) in [5, 5.41) is 25.9. The number of carbonyl (C=O) groups excluding carboxylic acids is 1. The number of benzene rings is 2. The number of thiophene rings is 1. The van der Waals surface area contributed by atoms with Gasteiger partial charge in [0.25, 0.3) is 10.0 Å². The highest BCUT2D eigenvalue weighted by Crippen LogP contribution is 2.62. The summed E-state index contributed by atoms with van der Waals surface area (Å²) in [5.41, 5.74) is -0.587. The Morgan fingerprint density at radius 3 is 2.47 bits per heavy atom. The maximum atomic E-state index is 14.6. The molecule has 55 heavy (non-hydrogen) atoms. The molecule has 2 aromatic carbocycles. The average molecular weight is 798 g/mol. The number of aliphatic hydroxyl groups is 2. The molecule has 0 spiro atoms. The molecule has 9 rings (SSSR count). The summed E-state index contributed by atoms with van der Waals surface area (Å²) in [7, 11) is -3.97. The van der Waals surface area contributed by atoms with Crippen LogP contribution in [0, 0.1) is 28.6 Å². The highest BCUT2D eigenvalue weighted by molar-refractivity contribution is 7.91. The summed E-state index contributed by atoms with van der Waals surface area (Å²) >= 11 is 1.17. The van der Waals surface area contributed by atoms with Crippen LogP contribution in [0.1, 0.15) is 124 Å². The molecule has 6 aliphatic carbocycles. The number of allylic oxidation sites excluding steroid dienone is 2. The van der Waals surface area contributed by atoms with E-state index in [4.69, 9.17) is 0 Å². The molecule has 0 radical (unpaired) electrons. The molecule has 6 aliphatic rings. The van der Waals surface area contributed by atoms with E-state index in [0.29, 0.717) is 61.6 Å². The van der Waals surface area contributed by atoms with Crippen molar-refractivity contribution in [3.63, 3.8) is 0 Å². The monoisotopic (exact) mass is 797 g/mol. The zero-order chi connectivity index (χ0) is 39.6. The Morgan fingerprint density at radius 1 is 1.00 bits per heavy atom. The van der Waals surface area contributed by atoms with Crippen molar-refractivity contribution in [2.75, 3.05) is 13.1 Å². The first-order valence-corrected chi connectivity index (χ1v) is 22.1. The first-order valence-electron chi connectivity index (χ1n) is 19.8. The van der Waals surface area contributed by atoms with E-state index in [1.54, 1.807) is 27.9 Å². The molecule has 6 nitrogen and oxygen atoms in total. The number of fused-ring (bicyclic) bond motifs is 10. The molecule has 1 aromatic heterocycles. The smallest absolute Gasteiger partial charge is 0.393 e. The maximum Gasteiger partial charge on any atom is 0.416 e. The Morgan fingerprint density at radius 2 is 1.78 bits per heavy atom. The Hall–Kier alpha value is -2.83. The van der Waals surface area contributed by atoms with Crippen molar-refractivity contribution in [1.29, 1.82) is 0 Å².